The normalized spacial score (nSPS) is 17.5. The molecule has 1 aromatic carbocycles. The minimum atomic E-state index is -5.30. The number of piperazine rings is 1. The largest absolute Gasteiger partial charge is 0.493 e. The molecule has 38 heavy (non-hydrogen) atoms. The summed E-state index contributed by atoms with van der Waals surface area (Å²) in [5.74, 6) is 2.50. The standard InChI is InChI=1S/C24H25F3N6O5/c1-4-5-12-32-18-19(33(38-21(36)24(25,26)27)23(32)31-13-10-28-11-14-31)29-22(30(3)20(18)35)37-17-9-7-6-8-16(17)15(2)34/h6-9,23,28H,10-14H2,1-3H3. The summed E-state index contributed by atoms with van der Waals surface area (Å²) in [5, 5.41) is 3.82. The molecule has 0 bridgehead atoms. The van der Waals surface area contributed by atoms with E-state index in [-0.39, 0.29) is 41.2 Å². The lowest BCUT2D eigenvalue weighted by atomic mass is 10.1. The maximum absolute atomic E-state index is 13.6. The van der Waals surface area contributed by atoms with Gasteiger partial charge in [0.1, 0.15) is 5.75 Å². The predicted molar refractivity (Wildman–Crippen MR) is 130 cm³/mol. The molecule has 2 aromatic rings. The smallest absolute Gasteiger partial charge is 0.425 e. The first-order valence-corrected chi connectivity index (χ1v) is 11.6. The number of nitrogens with one attached hydrogen (secondary N) is 1. The number of ketones is 1. The van der Waals surface area contributed by atoms with Crippen molar-refractivity contribution in [2.24, 2.45) is 7.05 Å². The van der Waals surface area contributed by atoms with Crippen LogP contribution in [0.15, 0.2) is 29.1 Å². The monoisotopic (exact) mass is 534 g/mol. The molecule has 2 aliphatic rings. The highest BCUT2D eigenvalue weighted by Gasteiger charge is 2.50. The van der Waals surface area contributed by atoms with Crippen molar-refractivity contribution in [1.29, 1.82) is 0 Å². The fourth-order valence-electron chi connectivity index (χ4n) is 4.17. The Hall–Kier alpha value is -4.09. The fourth-order valence-corrected chi connectivity index (χ4v) is 4.17. The van der Waals surface area contributed by atoms with Crippen molar-refractivity contribution in [3.63, 3.8) is 0 Å². The second-order valence-corrected chi connectivity index (χ2v) is 8.47. The van der Waals surface area contributed by atoms with Crippen molar-refractivity contribution < 1.29 is 32.3 Å². The van der Waals surface area contributed by atoms with Gasteiger partial charge in [0.2, 0.25) is 5.82 Å². The average molecular weight is 534 g/mol. The number of Topliss-reactive ketones (excluding diaryl/α,β-unsaturated/α-hetero) is 1. The fraction of sp³-hybridized carbons (Fsp3) is 0.417. The van der Waals surface area contributed by atoms with Crippen LogP contribution in [0.5, 0.6) is 11.8 Å². The molecule has 1 saturated heterocycles. The maximum Gasteiger partial charge on any atom is 0.493 e. The highest BCUT2D eigenvalue weighted by atomic mass is 19.4. The molecule has 1 N–H and O–H groups in total. The quantitative estimate of drug-likeness (QED) is 0.434. The summed E-state index contributed by atoms with van der Waals surface area (Å²) in [6, 6.07) is 5.92. The van der Waals surface area contributed by atoms with Crippen LogP contribution in [0, 0.1) is 11.8 Å². The highest BCUT2D eigenvalue weighted by Crippen LogP contribution is 2.39. The van der Waals surface area contributed by atoms with Crippen molar-refractivity contribution in [1.82, 2.24) is 19.8 Å². The first kappa shape index (κ1) is 27.0. The summed E-state index contributed by atoms with van der Waals surface area (Å²) >= 11 is 0. The molecule has 202 valence electrons. The van der Waals surface area contributed by atoms with Gasteiger partial charge in [0, 0.05) is 33.2 Å². The Morgan fingerprint density at radius 2 is 1.89 bits per heavy atom. The van der Waals surface area contributed by atoms with Gasteiger partial charge in [-0.2, -0.15) is 18.2 Å². The van der Waals surface area contributed by atoms with E-state index in [0.717, 1.165) is 4.57 Å². The van der Waals surface area contributed by atoms with Crippen LogP contribution in [0.3, 0.4) is 0 Å². The Bertz CT molecular complexity index is 1360. The van der Waals surface area contributed by atoms with E-state index in [1.54, 1.807) is 24.0 Å². The van der Waals surface area contributed by atoms with Crippen molar-refractivity contribution in [2.75, 3.05) is 42.7 Å². The molecule has 14 heteroatoms. The summed E-state index contributed by atoms with van der Waals surface area (Å²) in [6.45, 7) is 4.65. The number of carbonyl (C=O) groups is 2. The van der Waals surface area contributed by atoms with Gasteiger partial charge in [-0.25, -0.2) is 4.79 Å². The Balaban J connectivity index is 1.88. The number of alkyl halides is 3. The number of benzene rings is 1. The Morgan fingerprint density at radius 3 is 2.53 bits per heavy atom. The molecule has 3 heterocycles. The van der Waals surface area contributed by atoms with E-state index < -0.39 is 24.0 Å². The molecule has 11 nitrogen and oxygen atoms in total. The van der Waals surface area contributed by atoms with Gasteiger partial charge in [0.05, 0.1) is 12.1 Å². The van der Waals surface area contributed by atoms with E-state index >= 15 is 0 Å². The number of carbonyl (C=O) groups excluding carboxylic acids is 2. The van der Waals surface area contributed by atoms with Gasteiger partial charge >= 0.3 is 18.2 Å². The van der Waals surface area contributed by atoms with Crippen molar-refractivity contribution in [3.8, 4) is 23.6 Å². The first-order valence-electron chi connectivity index (χ1n) is 11.6. The van der Waals surface area contributed by atoms with Gasteiger partial charge in [-0.15, -0.1) is 11.0 Å². The molecular weight excluding hydrogens is 509 g/mol. The molecule has 0 saturated carbocycles. The van der Waals surface area contributed by atoms with Gasteiger partial charge in [-0.1, -0.05) is 18.1 Å². The zero-order chi connectivity index (χ0) is 27.6. The summed E-state index contributed by atoms with van der Waals surface area (Å²) in [6.07, 6.45) is -6.43. The number of ether oxygens (including phenoxy) is 1. The number of nitrogens with zero attached hydrogens (tertiary/aromatic N) is 5. The average Bonchev–Trinajstić information content (AvgIpc) is 3.18. The lowest BCUT2D eigenvalue weighted by molar-refractivity contribution is -0.203. The van der Waals surface area contributed by atoms with Crippen LogP contribution >= 0.6 is 0 Å². The second-order valence-electron chi connectivity index (χ2n) is 8.47. The molecule has 1 fully saturated rings. The number of aromatic nitrogens is 2. The molecule has 2 aliphatic heterocycles. The number of hydroxylamine groups is 1. The Morgan fingerprint density at radius 1 is 1.21 bits per heavy atom. The number of anilines is 2. The minimum Gasteiger partial charge on any atom is -0.425 e. The van der Waals surface area contributed by atoms with Crippen LogP contribution in [0.4, 0.5) is 24.7 Å². The van der Waals surface area contributed by atoms with E-state index in [0.29, 0.717) is 31.2 Å². The topological polar surface area (TPSA) is 109 Å². The zero-order valence-electron chi connectivity index (χ0n) is 20.8. The number of hydrogen-bond acceptors (Lipinski definition) is 10. The minimum absolute atomic E-state index is 0.0531. The van der Waals surface area contributed by atoms with Gasteiger partial charge in [0.25, 0.3) is 5.56 Å². The predicted octanol–water partition coefficient (Wildman–Crippen LogP) is 1.63. The summed E-state index contributed by atoms with van der Waals surface area (Å²) in [5.41, 5.74) is -0.573. The summed E-state index contributed by atoms with van der Waals surface area (Å²) in [4.78, 5) is 50.0. The van der Waals surface area contributed by atoms with Crippen molar-refractivity contribution in [3.05, 3.63) is 40.2 Å². The van der Waals surface area contributed by atoms with Crippen molar-refractivity contribution >= 4 is 23.3 Å². The lowest BCUT2D eigenvalue weighted by Crippen LogP contribution is -2.61. The summed E-state index contributed by atoms with van der Waals surface area (Å²) < 4.78 is 46.7. The maximum atomic E-state index is 13.6. The molecule has 0 amide bonds. The van der Waals surface area contributed by atoms with Crippen LogP contribution in [0.1, 0.15) is 24.2 Å². The van der Waals surface area contributed by atoms with Gasteiger partial charge in [-0.3, -0.25) is 19.1 Å². The number of para-hydroxylation sites is 1. The van der Waals surface area contributed by atoms with Crippen LogP contribution in [-0.4, -0.2) is 71.4 Å². The first-order chi connectivity index (χ1) is 18.0. The summed E-state index contributed by atoms with van der Waals surface area (Å²) in [7, 11) is 1.37. The van der Waals surface area contributed by atoms with E-state index in [1.807, 2.05) is 0 Å². The van der Waals surface area contributed by atoms with Crippen LogP contribution in [0.2, 0.25) is 0 Å². The molecule has 1 aromatic heterocycles. The number of rotatable bonds is 6. The molecule has 0 spiro atoms. The van der Waals surface area contributed by atoms with Crippen molar-refractivity contribution in [2.45, 2.75) is 26.3 Å². The second kappa shape index (κ2) is 10.7. The lowest BCUT2D eigenvalue weighted by Gasteiger charge is -2.40. The third-order valence-electron chi connectivity index (χ3n) is 5.98. The van der Waals surface area contributed by atoms with Crippen LogP contribution < -0.4 is 25.6 Å². The van der Waals surface area contributed by atoms with Gasteiger partial charge in [-0.05, 0) is 26.0 Å². The number of fused-ring (bicyclic) bond motifs is 1. The molecular formula is C24H25F3N6O5. The number of halogens is 3. The molecule has 4 rings (SSSR count). The van der Waals surface area contributed by atoms with Gasteiger partial charge < -0.3 is 19.8 Å². The van der Waals surface area contributed by atoms with Gasteiger partial charge in [0.15, 0.2) is 17.8 Å². The number of hydrogen-bond donors (Lipinski definition) is 1. The van der Waals surface area contributed by atoms with E-state index in [2.05, 4.69) is 22.1 Å². The molecule has 1 unspecified atom stereocenters. The zero-order valence-corrected chi connectivity index (χ0v) is 20.8. The van der Waals surface area contributed by atoms with E-state index in [9.17, 15) is 27.6 Å². The Kier molecular flexibility index (Phi) is 7.61. The van der Waals surface area contributed by atoms with E-state index in [1.165, 1.54) is 31.0 Å². The van der Waals surface area contributed by atoms with E-state index in [4.69, 9.17) is 9.57 Å². The van der Waals surface area contributed by atoms with Crippen LogP contribution in [0.25, 0.3) is 0 Å². The third-order valence-corrected chi connectivity index (χ3v) is 5.98. The SMILES string of the molecule is CC#CCN1c2c(nc(Oc3ccccc3C(C)=O)n(C)c2=O)N(OC(=O)C(F)(F)F)C1N1CCNCC1. The van der Waals surface area contributed by atoms with Crippen LogP contribution in [-0.2, 0) is 16.7 Å². The highest BCUT2D eigenvalue weighted by molar-refractivity contribution is 5.96. The third kappa shape index (κ3) is 5.15. The molecule has 1 atom stereocenters. The molecule has 0 aliphatic carbocycles. The Labute approximate surface area is 215 Å². The molecule has 0 radical (unpaired) electrons.